The van der Waals surface area contributed by atoms with Crippen molar-refractivity contribution in [2.24, 2.45) is 0 Å². The molecule has 0 spiro atoms. The minimum atomic E-state index is 0.459. The van der Waals surface area contributed by atoms with Crippen LogP contribution in [0.5, 0.6) is 0 Å². The van der Waals surface area contributed by atoms with Crippen molar-refractivity contribution in [3.05, 3.63) is 29.8 Å². The van der Waals surface area contributed by atoms with Gasteiger partial charge in [0.1, 0.15) is 11.6 Å². The molecular weight excluding hydrogens is 178 g/mol. The van der Waals surface area contributed by atoms with Crippen LogP contribution in [-0.2, 0) is 0 Å². The zero-order chi connectivity index (χ0) is 10.1. The van der Waals surface area contributed by atoms with Crippen molar-refractivity contribution >= 4 is 5.82 Å². The number of nitrogens with zero attached hydrogens (tertiary/aromatic N) is 4. The Morgan fingerprint density at radius 3 is 2.64 bits per heavy atom. The van der Waals surface area contributed by atoms with Gasteiger partial charge in [0, 0.05) is 12.3 Å². The van der Waals surface area contributed by atoms with Crippen LogP contribution in [0.3, 0.4) is 0 Å². The Bertz CT molecular complexity index is 440. The number of aryl methyl sites for hydroxylation is 2. The molecule has 0 aliphatic rings. The van der Waals surface area contributed by atoms with Crippen molar-refractivity contribution in [3.8, 4) is 5.82 Å². The van der Waals surface area contributed by atoms with Crippen LogP contribution >= 0.6 is 0 Å². The Morgan fingerprint density at radius 1 is 1.29 bits per heavy atom. The smallest absolute Gasteiger partial charge is 0.159 e. The minimum absolute atomic E-state index is 0.459. The second-order valence-electron chi connectivity index (χ2n) is 3.16. The molecular formula is C9H11N5. The minimum Gasteiger partial charge on any atom is -0.384 e. The Kier molecular flexibility index (Phi) is 1.92. The standard InChI is InChI=1S/C9H11N5/c1-6-4-11-14(5-6)9-3-8(10)12-7(2)13-9/h3-5H,1-2H3,(H2,10,12,13). The molecule has 2 rings (SSSR count). The molecule has 72 valence electrons. The number of aromatic nitrogens is 4. The lowest BCUT2D eigenvalue weighted by Gasteiger charge is -2.02. The number of nitrogens with two attached hydrogens (primary N) is 1. The maximum atomic E-state index is 5.61. The number of rotatable bonds is 1. The first kappa shape index (κ1) is 8.68. The first-order valence-electron chi connectivity index (χ1n) is 4.28. The summed E-state index contributed by atoms with van der Waals surface area (Å²) in [5, 5.41) is 4.14. The molecule has 14 heavy (non-hydrogen) atoms. The molecule has 0 radical (unpaired) electrons. The highest BCUT2D eigenvalue weighted by atomic mass is 15.3. The molecule has 2 N–H and O–H groups in total. The predicted molar refractivity (Wildman–Crippen MR) is 53.0 cm³/mol. The van der Waals surface area contributed by atoms with Gasteiger partial charge in [-0.15, -0.1) is 0 Å². The fourth-order valence-electron chi connectivity index (χ4n) is 1.23. The number of nitrogen functional groups attached to an aromatic ring is 1. The topological polar surface area (TPSA) is 69.6 Å². The van der Waals surface area contributed by atoms with E-state index in [2.05, 4.69) is 15.1 Å². The average molecular weight is 189 g/mol. The molecule has 2 heterocycles. The molecule has 0 unspecified atom stereocenters. The van der Waals surface area contributed by atoms with Crippen LogP contribution in [-0.4, -0.2) is 19.7 Å². The fraction of sp³-hybridized carbons (Fsp3) is 0.222. The molecule has 0 aromatic carbocycles. The van der Waals surface area contributed by atoms with Crippen LogP contribution < -0.4 is 5.73 Å². The van der Waals surface area contributed by atoms with E-state index in [9.17, 15) is 0 Å². The van der Waals surface area contributed by atoms with Crippen LogP contribution in [0.2, 0.25) is 0 Å². The van der Waals surface area contributed by atoms with E-state index < -0.39 is 0 Å². The van der Waals surface area contributed by atoms with Gasteiger partial charge in [-0.2, -0.15) is 5.10 Å². The summed E-state index contributed by atoms with van der Waals surface area (Å²) < 4.78 is 1.68. The molecule has 0 bridgehead atoms. The van der Waals surface area contributed by atoms with Crippen LogP contribution in [0.4, 0.5) is 5.82 Å². The number of hydrogen-bond donors (Lipinski definition) is 1. The maximum absolute atomic E-state index is 5.61. The lowest BCUT2D eigenvalue weighted by atomic mass is 10.4. The molecule has 0 atom stereocenters. The Hall–Kier alpha value is -1.91. The van der Waals surface area contributed by atoms with E-state index in [1.165, 1.54) is 0 Å². The van der Waals surface area contributed by atoms with E-state index in [1.807, 2.05) is 13.1 Å². The Labute approximate surface area is 81.6 Å². The summed E-state index contributed by atoms with van der Waals surface area (Å²) in [5.41, 5.74) is 6.69. The summed E-state index contributed by atoms with van der Waals surface area (Å²) in [6, 6.07) is 1.69. The summed E-state index contributed by atoms with van der Waals surface area (Å²) in [6.45, 7) is 3.77. The third-order valence-electron chi connectivity index (χ3n) is 1.79. The van der Waals surface area contributed by atoms with E-state index in [1.54, 1.807) is 23.9 Å². The second kappa shape index (κ2) is 3.10. The van der Waals surface area contributed by atoms with Gasteiger partial charge in [-0.3, -0.25) is 0 Å². The highest BCUT2D eigenvalue weighted by Gasteiger charge is 2.02. The number of hydrogen-bond acceptors (Lipinski definition) is 4. The summed E-state index contributed by atoms with van der Waals surface area (Å²) in [4.78, 5) is 8.22. The highest BCUT2D eigenvalue weighted by Crippen LogP contribution is 2.08. The summed E-state index contributed by atoms with van der Waals surface area (Å²) in [5.74, 6) is 1.80. The normalized spacial score (nSPS) is 10.4. The quantitative estimate of drug-likeness (QED) is 0.722. The van der Waals surface area contributed by atoms with Gasteiger partial charge >= 0.3 is 0 Å². The van der Waals surface area contributed by atoms with Gasteiger partial charge in [-0.1, -0.05) is 0 Å². The van der Waals surface area contributed by atoms with Crippen molar-refractivity contribution in [1.82, 2.24) is 19.7 Å². The van der Waals surface area contributed by atoms with E-state index in [0.717, 1.165) is 5.56 Å². The molecule has 0 aliphatic carbocycles. The third-order valence-corrected chi connectivity index (χ3v) is 1.79. The largest absolute Gasteiger partial charge is 0.384 e. The van der Waals surface area contributed by atoms with Gasteiger partial charge in [0.2, 0.25) is 0 Å². The van der Waals surface area contributed by atoms with Crippen molar-refractivity contribution in [3.63, 3.8) is 0 Å². The molecule has 5 heteroatoms. The molecule has 2 aromatic heterocycles. The lowest BCUT2D eigenvalue weighted by Crippen LogP contribution is -2.03. The number of anilines is 1. The van der Waals surface area contributed by atoms with Gasteiger partial charge in [-0.25, -0.2) is 14.6 Å². The van der Waals surface area contributed by atoms with E-state index in [4.69, 9.17) is 5.73 Å². The van der Waals surface area contributed by atoms with Crippen LogP contribution in [0.25, 0.3) is 5.82 Å². The molecule has 2 aromatic rings. The molecule has 0 aliphatic heterocycles. The molecule has 0 amide bonds. The molecule has 0 saturated carbocycles. The van der Waals surface area contributed by atoms with E-state index in [0.29, 0.717) is 17.5 Å². The first-order valence-corrected chi connectivity index (χ1v) is 4.28. The molecule has 0 saturated heterocycles. The summed E-state index contributed by atoms with van der Waals surface area (Å²) in [6.07, 6.45) is 3.66. The van der Waals surface area contributed by atoms with Gasteiger partial charge in [0.25, 0.3) is 0 Å². The fourth-order valence-corrected chi connectivity index (χ4v) is 1.23. The van der Waals surface area contributed by atoms with Crippen LogP contribution in [0, 0.1) is 13.8 Å². The SMILES string of the molecule is Cc1cnn(-c2cc(N)nc(C)n2)c1. The maximum Gasteiger partial charge on any atom is 0.159 e. The van der Waals surface area contributed by atoms with Gasteiger partial charge in [-0.05, 0) is 19.4 Å². The van der Waals surface area contributed by atoms with Crippen molar-refractivity contribution in [2.45, 2.75) is 13.8 Å². The van der Waals surface area contributed by atoms with Crippen molar-refractivity contribution < 1.29 is 0 Å². The van der Waals surface area contributed by atoms with Crippen LogP contribution in [0.15, 0.2) is 18.5 Å². The first-order chi connectivity index (χ1) is 6.65. The van der Waals surface area contributed by atoms with Gasteiger partial charge < -0.3 is 5.73 Å². The Balaban J connectivity index is 2.51. The second-order valence-corrected chi connectivity index (χ2v) is 3.16. The summed E-state index contributed by atoms with van der Waals surface area (Å²) in [7, 11) is 0. The van der Waals surface area contributed by atoms with Crippen molar-refractivity contribution in [1.29, 1.82) is 0 Å². The molecule has 5 nitrogen and oxygen atoms in total. The zero-order valence-corrected chi connectivity index (χ0v) is 8.10. The predicted octanol–water partition coefficient (Wildman–Crippen LogP) is 0.861. The van der Waals surface area contributed by atoms with E-state index in [-0.39, 0.29) is 0 Å². The lowest BCUT2D eigenvalue weighted by molar-refractivity contribution is 0.830. The van der Waals surface area contributed by atoms with Crippen molar-refractivity contribution in [2.75, 3.05) is 5.73 Å². The summed E-state index contributed by atoms with van der Waals surface area (Å²) >= 11 is 0. The van der Waals surface area contributed by atoms with E-state index >= 15 is 0 Å². The van der Waals surface area contributed by atoms with Gasteiger partial charge in [0.05, 0.1) is 6.20 Å². The monoisotopic (exact) mass is 189 g/mol. The van der Waals surface area contributed by atoms with Gasteiger partial charge in [0.15, 0.2) is 5.82 Å². The van der Waals surface area contributed by atoms with Crippen LogP contribution in [0.1, 0.15) is 11.4 Å². The zero-order valence-electron chi connectivity index (χ0n) is 8.10. The average Bonchev–Trinajstić information content (AvgIpc) is 2.50. The Morgan fingerprint density at radius 2 is 2.07 bits per heavy atom. The third kappa shape index (κ3) is 1.56. The molecule has 0 fully saturated rings. The highest BCUT2D eigenvalue weighted by molar-refractivity contribution is 5.36.